The highest BCUT2D eigenvalue weighted by molar-refractivity contribution is 7.99. The molecule has 0 aromatic heterocycles. The van der Waals surface area contributed by atoms with Crippen LogP contribution in [0, 0.1) is 0 Å². The molecule has 0 spiro atoms. The maximum absolute atomic E-state index is 12.1. The van der Waals surface area contributed by atoms with E-state index in [0.717, 1.165) is 29.5 Å². The Balaban J connectivity index is 2.16. The number of nitrogens with zero attached hydrogens (tertiary/aromatic N) is 1. The van der Waals surface area contributed by atoms with Gasteiger partial charge in [0.2, 0.25) is 0 Å². The number of amides is 1. The number of carbonyl (C=O) groups is 1. The Labute approximate surface area is 99.4 Å². The molecule has 2 nitrogen and oxygen atoms in total. The quantitative estimate of drug-likeness (QED) is 0.758. The Kier molecular flexibility index (Phi) is 3.59. The molecule has 0 bridgehead atoms. The smallest absolute Gasteiger partial charge is 0.255 e. The van der Waals surface area contributed by atoms with E-state index in [9.17, 15) is 4.79 Å². The molecule has 0 radical (unpaired) electrons. The van der Waals surface area contributed by atoms with Gasteiger partial charge in [-0.15, -0.1) is 12.6 Å². The monoisotopic (exact) mass is 239 g/mol. The lowest BCUT2D eigenvalue weighted by atomic mass is 10.2. The minimum atomic E-state index is 0.112. The Morgan fingerprint density at radius 3 is 2.60 bits per heavy atom. The number of hydrogen-bond acceptors (Lipinski definition) is 3. The standard InChI is InChI=1S/C11H13NOS2/c13-11(12-5-7-15-8-6-12)9-3-1-2-4-10(9)14/h1-4,14H,5-8H2. The van der Waals surface area contributed by atoms with E-state index < -0.39 is 0 Å². The summed E-state index contributed by atoms with van der Waals surface area (Å²) in [5.74, 6) is 2.20. The molecule has 0 atom stereocenters. The average Bonchev–Trinajstić information content (AvgIpc) is 2.30. The Morgan fingerprint density at radius 1 is 1.27 bits per heavy atom. The molecule has 1 saturated heterocycles. The third kappa shape index (κ3) is 2.49. The average molecular weight is 239 g/mol. The van der Waals surface area contributed by atoms with Gasteiger partial charge >= 0.3 is 0 Å². The Bertz CT molecular complexity index is 361. The van der Waals surface area contributed by atoms with Gasteiger partial charge in [0, 0.05) is 29.5 Å². The van der Waals surface area contributed by atoms with Crippen LogP contribution < -0.4 is 0 Å². The number of rotatable bonds is 1. The molecule has 0 aliphatic carbocycles. The van der Waals surface area contributed by atoms with Crippen molar-refractivity contribution in [2.24, 2.45) is 0 Å². The van der Waals surface area contributed by atoms with Crippen LogP contribution in [0.15, 0.2) is 29.2 Å². The van der Waals surface area contributed by atoms with Gasteiger partial charge in [-0.2, -0.15) is 11.8 Å². The number of thiol groups is 1. The van der Waals surface area contributed by atoms with Crippen LogP contribution in [-0.2, 0) is 0 Å². The molecule has 1 amide bonds. The molecule has 1 fully saturated rings. The van der Waals surface area contributed by atoms with E-state index in [4.69, 9.17) is 0 Å². The summed E-state index contributed by atoms with van der Waals surface area (Å²) in [7, 11) is 0. The molecule has 0 N–H and O–H groups in total. The van der Waals surface area contributed by atoms with Gasteiger partial charge in [-0.05, 0) is 12.1 Å². The first-order valence-electron chi connectivity index (χ1n) is 4.94. The zero-order valence-corrected chi connectivity index (χ0v) is 10.1. The van der Waals surface area contributed by atoms with Crippen LogP contribution in [0.4, 0.5) is 0 Å². The highest BCUT2D eigenvalue weighted by atomic mass is 32.2. The highest BCUT2D eigenvalue weighted by Crippen LogP contribution is 2.18. The number of carbonyl (C=O) groups excluding carboxylic acids is 1. The van der Waals surface area contributed by atoms with Gasteiger partial charge in [-0.25, -0.2) is 0 Å². The van der Waals surface area contributed by atoms with Gasteiger partial charge < -0.3 is 4.90 Å². The van der Waals surface area contributed by atoms with Crippen molar-refractivity contribution in [1.82, 2.24) is 4.90 Å². The van der Waals surface area contributed by atoms with Crippen LogP contribution in [0.5, 0.6) is 0 Å². The third-order valence-electron chi connectivity index (χ3n) is 2.43. The van der Waals surface area contributed by atoms with Crippen LogP contribution in [0.3, 0.4) is 0 Å². The zero-order valence-electron chi connectivity index (χ0n) is 8.35. The van der Waals surface area contributed by atoms with E-state index in [1.54, 1.807) is 0 Å². The summed E-state index contributed by atoms with van der Waals surface area (Å²) in [5.41, 5.74) is 0.715. The Morgan fingerprint density at radius 2 is 1.93 bits per heavy atom. The molecule has 80 valence electrons. The third-order valence-corrected chi connectivity index (χ3v) is 3.77. The normalized spacial score (nSPS) is 16.5. The Hall–Kier alpha value is -0.610. The van der Waals surface area contributed by atoms with Crippen LogP contribution in [0.2, 0.25) is 0 Å². The molecule has 4 heteroatoms. The fourth-order valence-electron chi connectivity index (χ4n) is 1.59. The van der Waals surface area contributed by atoms with E-state index in [2.05, 4.69) is 12.6 Å². The highest BCUT2D eigenvalue weighted by Gasteiger charge is 2.19. The van der Waals surface area contributed by atoms with E-state index >= 15 is 0 Å². The van der Waals surface area contributed by atoms with Crippen molar-refractivity contribution < 1.29 is 4.79 Å². The van der Waals surface area contributed by atoms with E-state index in [1.807, 2.05) is 40.9 Å². The van der Waals surface area contributed by atoms with Crippen molar-refractivity contribution in [3.8, 4) is 0 Å². The second-order valence-electron chi connectivity index (χ2n) is 3.42. The molecular weight excluding hydrogens is 226 g/mol. The first-order valence-corrected chi connectivity index (χ1v) is 6.54. The van der Waals surface area contributed by atoms with Crippen LogP contribution in [0.25, 0.3) is 0 Å². The van der Waals surface area contributed by atoms with Crippen LogP contribution in [-0.4, -0.2) is 35.4 Å². The van der Waals surface area contributed by atoms with Crippen LogP contribution >= 0.6 is 24.4 Å². The summed E-state index contributed by atoms with van der Waals surface area (Å²) in [4.78, 5) is 14.8. The molecule has 1 aliphatic heterocycles. The lowest BCUT2D eigenvalue weighted by Gasteiger charge is -2.26. The second kappa shape index (κ2) is 4.94. The number of hydrogen-bond donors (Lipinski definition) is 1. The van der Waals surface area contributed by atoms with Crippen molar-refractivity contribution in [1.29, 1.82) is 0 Å². The van der Waals surface area contributed by atoms with E-state index in [0.29, 0.717) is 5.56 Å². The van der Waals surface area contributed by atoms with Crippen molar-refractivity contribution in [2.45, 2.75) is 4.90 Å². The molecule has 1 aromatic rings. The summed E-state index contributed by atoms with van der Waals surface area (Å²) in [6.07, 6.45) is 0. The van der Waals surface area contributed by atoms with Gasteiger partial charge in [0.1, 0.15) is 0 Å². The van der Waals surface area contributed by atoms with Gasteiger partial charge in [0.05, 0.1) is 5.56 Å². The van der Waals surface area contributed by atoms with Gasteiger partial charge in [-0.3, -0.25) is 4.79 Å². The van der Waals surface area contributed by atoms with Crippen molar-refractivity contribution in [3.63, 3.8) is 0 Å². The lowest BCUT2D eigenvalue weighted by Crippen LogP contribution is -2.38. The van der Waals surface area contributed by atoms with E-state index in [-0.39, 0.29) is 5.91 Å². The molecule has 1 heterocycles. The predicted molar refractivity (Wildman–Crippen MR) is 66.9 cm³/mol. The van der Waals surface area contributed by atoms with Crippen molar-refractivity contribution in [2.75, 3.05) is 24.6 Å². The summed E-state index contributed by atoms with van der Waals surface area (Å²) in [6, 6.07) is 7.47. The summed E-state index contributed by atoms with van der Waals surface area (Å²) < 4.78 is 0. The van der Waals surface area contributed by atoms with E-state index in [1.165, 1.54) is 0 Å². The molecule has 15 heavy (non-hydrogen) atoms. The number of benzene rings is 1. The SMILES string of the molecule is O=C(c1ccccc1S)N1CCSCC1. The minimum Gasteiger partial charge on any atom is -0.337 e. The lowest BCUT2D eigenvalue weighted by molar-refractivity contribution is 0.0769. The largest absolute Gasteiger partial charge is 0.337 e. The van der Waals surface area contributed by atoms with Crippen molar-refractivity contribution in [3.05, 3.63) is 29.8 Å². The molecule has 0 saturated carbocycles. The fraction of sp³-hybridized carbons (Fsp3) is 0.364. The molecule has 2 rings (SSSR count). The molecule has 1 aliphatic rings. The van der Waals surface area contributed by atoms with Crippen LogP contribution in [0.1, 0.15) is 10.4 Å². The summed E-state index contributed by atoms with van der Waals surface area (Å²) in [5, 5.41) is 0. The maximum atomic E-state index is 12.1. The summed E-state index contributed by atoms with van der Waals surface area (Å²) in [6.45, 7) is 1.71. The molecule has 1 aromatic carbocycles. The second-order valence-corrected chi connectivity index (χ2v) is 5.13. The van der Waals surface area contributed by atoms with Gasteiger partial charge in [0.25, 0.3) is 5.91 Å². The topological polar surface area (TPSA) is 20.3 Å². The van der Waals surface area contributed by atoms with Gasteiger partial charge in [-0.1, -0.05) is 12.1 Å². The molecule has 0 unspecified atom stereocenters. The van der Waals surface area contributed by atoms with Gasteiger partial charge in [0.15, 0.2) is 0 Å². The predicted octanol–water partition coefficient (Wildman–Crippen LogP) is 2.16. The first-order chi connectivity index (χ1) is 7.29. The maximum Gasteiger partial charge on any atom is 0.255 e. The fourth-order valence-corrected chi connectivity index (χ4v) is 2.75. The first kappa shape index (κ1) is 10.9. The zero-order chi connectivity index (χ0) is 10.7. The minimum absolute atomic E-state index is 0.112. The molecular formula is C11H13NOS2. The summed E-state index contributed by atoms with van der Waals surface area (Å²) >= 11 is 6.21. The number of thioether (sulfide) groups is 1. The van der Waals surface area contributed by atoms with Crippen molar-refractivity contribution >= 4 is 30.3 Å².